The number of fused-ring (bicyclic) bond motifs is 1. The lowest BCUT2D eigenvalue weighted by Gasteiger charge is -2.24. The number of nitriles is 2. The van der Waals surface area contributed by atoms with E-state index in [1.54, 1.807) is 35.3 Å². The molecular weight excluding hydrogens is 593 g/mol. The lowest BCUT2D eigenvalue weighted by molar-refractivity contribution is -0.182. The SMILES string of the molecule is Cc1c(C(Nc2cc(C#N)c3ncc(C#N)c(NCC(C)(C)C)c3c2)c2cn(C3(C(F)(F)F)CC3)nn2)cccc1-n1cccn1. The van der Waals surface area contributed by atoms with Gasteiger partial charge in [0.1, 0.15) is 17.8 Å². The largest absolute Gasteiger partial charge is 0.413 e. The molecule has 2 N–H and O–H groups in total. The van der Waals surface area contributed by atoms with Gasteiger partial charge in [-0.05, 0) is 60.6 Å². The highest BCUT2D eigenvalue weighted by molar-refractivity contribution is 5.99. The van der Waals surface area contributed by atoms with Crippen molar-refractivity contribution >= 4 is 22.3 Å². The fraction of sp³-hybridized carbons (Fsp3) is 0.333. The molecular formula is C33H31F3N10. The van der Waals surface area contributed by atoms with Crippen molar-refractivity contribution in [3.63, 3.8) is 0 Å². The average Bonchev–Trinajstić information content (AvgIpc) is 3.41. The molecule has 2 aromatic carbocycles. The molecule has 1 aliphatic rings. The fourth-order valence-electron chi connectivity index (χ4n) is 5.57. The number of nitrogens with zero attached hydrogens (tertiary/aromatic N) is 8. The Morgan fingerprint density at radius 2 is 1.83 bits per heavy atom. The Morgan fingerprint density at radius 3 is 2.46 bits per heavy atom. The maximum atomic E-state index is 14.0. The van der Waals surface area contributed by atoms with Crippen molar-refractivity contribution in [3.05, 3.63) is 89.1 Å². The summed E-state index contributed by atoms with van der Waals surface area (Å²) in [7, 11) is 0. The van der Waals surface area contributed by atoms with Crippen LogP contribution in [0.2, 0.25) is 0 Å². The summed E-state index contributed by atoms with van der Waals surface area (Å²) >= 11 is 0. The van der Waals surface area contributed by atoms with E-state index in [0.29, 0.717) is 34.4 Å². The summed E-state index contributed by atoms with van der Waals surface area (Å²) in [4.78, 5) is 4.42. The second kappa shape index (κ2) is 11.2. The summed E-state index contributed by atoms with van der Waals surface area (Å²) in [6, 6.07) is 14.5. The molecule has 0 aliphatic heterocycles. The molecule has 10 nitrogen and oxygen atoms in total. The molecule has 46 heavy (non-hydrogen) atoms. The van der Waals surface area contributed by atoms with Crippen LogP contribution < -0.4 is 10.6 Å². The molecule has 0 radical (unpaired) electrons. The zero-order chi connectivity index (χ0) is 32.9. The van der Waals surface area contributed by atoms with Gasteiger partial charge in [0.25, 0.3) is 0 Å². The van der Waals surface area contributed by atoms with Gasteiger partial charge in [-0.15, -0.1) is 5.10 Å². The minimum absolute atomic E-state index is 0.0695. The van der Waals surface area contributed by atoms with Crippen LogP contribution in [0.5, 0.6) is 0 Å². The van der Waals surface area contributed by atoms with Crippen LogP contribution in [0, 0.1) is 35.0 Å². The Morgan fingerprint density at radius 1 is 1.07 bits per heavy atom. The standard InChI is InChI=1S/C33H31F3N10/c1-20-24(7-5-8-27(20)45-12-6-11-41-45)30(26-18-46(44-43-26)32(9-10-32)33(34,35)36)42-23-13-21(15-37)28-25(14-23)29(22(16-38)17-39-28)40-19-31(2,3)4/h5-8,11-14,17-18,30,42H,9-10,19H2,1-4H3,(H,39,40). The van der Waals surface area contributed by atoms with Crippen LogP contribution in [0.1, 0.15) is 67.6 Å². The second-order valence-corrected chi connectivity index (χ2v) is 12.7. The highest BCUT2D eigenvalue weighted by Gasteiger charge is 2.66. The monoisotopic (exact) mass is 624 g/mol. The first-order valence-corrected chi connectivity index (χ1v) is 14.7. The van der Waals surface area contributed by atoms with Gasteiger partial charge in [-0.3, -0.25) is 4.98 Å². The van der Waals surface area contributed by atoms with E-state index in [2.05, 4.69) is 63.9 Å². The van der Waals surface area contributed by atoms with Gasteiger partial charge < -0.3 is 10.6 Å². The summed E-state index contributed by atoms with van der Waals surface area (Å²) in [6.07, 6.45) is 1.64. The van der Waals surface area contributed by atoms with Crippen molar-refractivity contribution in [1.82, 2.24) is 29.8 Å². The lowest BCUT2D eigenvalue weighted by atomic mass is 9.95. The van der Waals surface area contributed by atoms with E-state index >= 15 is 0 Å². The van der Waals surface area contributed by atoms with Crippen molar-refractivity contribution in [1.29, 1.82) is 10.5 Å². The topological polar surface area (TPSA) is 133 Å². The molecule has 1 atom stereocenters. The van der Waals surface area contributed by atoms with Crippen molar-refractivity contribution in [2.45, 2.75) is 58.3 Å². The molecule has 1 unspecified atom stereocenters. The third-order valence-electron chi connectivity index (χ3n) is 8.22. The predicted octanol–water partition coefficient (Wildman–Crippen LogP) is 6.77. The molecule has 0 bridgehead atoms. The molecule has 5 aromatic rings. The zero-order valence-electron chi connectivity index (χ0n) is 25.7. The number of hydrogen-bond acceptors (Lipinski definition) is 8. The van der Waals surface area contributed by atoms with Gasteiger partial charge in [0.15, 0.2) is 5.54 Å². The van der Waals surface area contributed by atoms with Gasteiger partial charge in [-0.25, -0.2) is 9.36 Å². The fourth-order valence-corrected chi connectivity index (χ4v) is 5.57. The lowest BCUT2D eigenvalue weighted by Crippen LogP contribution is -2.35. The summed E-state index contributed by atoms with van der Waals surface area (Å²) < 4.78 is 44.7. The molecule has 3 heterocycles. The first kappa shape index (κ1) is 30.6. The average molecular weight is 625 g/mol. The summed E-state index contributed by atoms with van der Waals surface area (Å²) in [6.45, 7) is 8.64. The molecule has 13 heteroatoms. The minimum Gasteiger partial charge on any atom is -0.383 e. The molecule has 0 amide bonds. The van der Waals surface area contributed by atoms with Crippen LogP contribution in [-0.4, -0.2) is 42.5 Å². The third kappa shape index (κ3) is 5.49. The maximum absolute atomic E-state index is 14.0. The Bertz CT molecular complexity index is 2000. The highest BCUT2D eigenvalue weighted by Crippen LogP contribution is 2.55. The van der Waals surface area contributed by atoms with E-state index < -0.39 is 17.8 Å². The molecule has 234 valence electrons. The molecule has 0 spiro atoms. The normalized spacial score (nSPS) is 14.8. The Hall–Kier alpha value is -5.43. The van der Waals surface area contributed by atoms with E-state index in [9.17, 15) is 23.7 Å². The van der Waals surface area contributed by atoms with E-state index in [-0.39, 0.29) is 29.5 Å². The number of pyridine rings is 1. The number of alkyl halides is 3. The van der Waals surface area contributed by atoms with Crippen LogP contribution in [0.3, 0.4) is 0 Å². The third-order valence-corrected chi connectivity index (χ3v) is 8.22. The van der Waals surface area contributed by atoms with Crippen molar-refractivity contribution in [2.75, 3.05) is 17.2 Å². The Balaban J connectivity index is 1.50. The highest BCUT2D eigenvalue weighted by atomic mass is 19.4. The summed E-state index contributed by atoms with van der Waals surface area (Å²) in [5, 5.41) is 39.9. The van der Waals surface area contributed by atoms with E-state index in [0.717, 1.165) is 21.5 Å². The van der Waals surface area contributed by atoms with Gasteiger partial charge in [0, 0.05) is 36.2 Å². The number of hydrogen-bond donors (Lipinski definition) is 2. The number of rotatable bonds is 8. The molecule has 6 rings (SSSR count). The van der Waals surface area contributed by atoms with Crippen molar-refractivity contribution in [2.24, 2.45) is 5.41 Å². The van der Waals surface area contributed by atoms with Gasteiger partial charge in [0.2, 0.25) is 0 Å². The van der Waals surface area contributed by atoms with Crippen LogP contribution in [-0.2, 0) is 5.54 Å². The number of nitrogens with one attached hydrogen (secondary N) is 2. The van der Waals surface area contributed by atoms with Gasteiger partial charge in [-0.2, -0.15) is 28.8 Å². The van der Waals surface area contributed by atoms with Crippen LogP contribution in [0.15, 0.2) is 61.2 Å². The van der Waals surface area contributed by atoms with Crippen LogP contribution >= 0.6 is 0 Å². The first-order chi connectivity index (χ1) is 21.8. The maximum Gasteiger partial charge on any atom is 0.413 e. The van der Waals surface area contributed by atoms with Crippen LogP contribution in [0.4, 0.5) is 24.5 Å². The van der Waals surface area contributed by atoms with E-state index in [4.69, 9.17) is 0 Å². The summed E-state index contributed by atoms with van der Waals surface area (Å²) in [5.74, 6) is 0. The molecule has 3 aromatic heterocycles. The van der Waals surface area contributed by atoms with Gasteiger partial charge in [0.05, 0.1) is 40.3 Å². The Kier molecular flexibility index (Phi) is 7.43. The molecule has 1 fully saturated rings. The number of benzene rings is 2. The first-order valence-electron chi connectivity index (χ1n) is 14.7. The molecule has 1 aliphatic carbocycles. The minimum atomic E-state index is -4.47. The number of aromatic nitrogens is 6. The smallest absolute Gasteiger partial charge is 0.383 e. The zero-order valence-corrected chi connectivity index (χ0v) is 25.7. The second-order valence-electron chi connectivity index (χ2n) is 12.7. The summed E-state index contributed by atoms with van der Waals surface area (Å²) in [5.41, 5.74) is 2.45. The van der Waals surface area contributed by atoms with Gasteiger partial charge in [-0.1, -0.05) is 38.1 Å². The van der Waals surface area contributed by atoms with E-state index in [1.165, 1.54) is 12.4 Å². The van der Waals surface area contributed by atoms with Gasteiger partial charge >= 0.3 is 6.18 Å². The quantitative estimate of drug-likeness (QED) is 0.193. The van der Waals surface area contributed by atoms with Crippen molar-refractivity contribution in [3.8, 4) is 17.8 Å². The predicted molar refractivity (Wildman–Crippen MR) is 166 cm³/mol. The molecule has 1 saturated carbocycles. The van der Waals surface area contributed by atoms with E-state index in [1.807, 2.05) is 25.1 Å². The van der Waals surface area contributed by atoms with Crippen molar-refractivity contribution < 1.29 is 13.2 Å². The molecule has 0 saturated heterocycles. The number of halogens is 3. The Labute approximate surface area is 263 Å². The van der Waals surface area contributed by atoms with Crippen LogP contribution in [0.25, 0.3) is 16.6 Å². The number of anilines is 2.